The van der Waals surface area contributed by atoms with Gasteiger partial charge in [-0.25, -0.2) is 0 Å². The highest BCUT2D eigenvalue weighted by Crippen LogP contribution is 2.15. The summed E-state index contributed by atoms with van der Waals surface area (Å²) in [6, 6.07) is 9.13. The number of amides is 1. The van der Waals surface area contributed by atoms with E-state index in [2.05, 4.69) is 5.32 Å². The van der Waals surface area contributed by atoms with Gasteiger partial charge in [0.25, 0.3) is 0 Å². The van der Waals surface area contributed by atoms with Crippen molar-refractivity contribution < 1.29 is 14.7 Å². The highest BCUT2D eigenvalue weighted by atomic mass is 32.1. The Morgan fingerprint density at radius 1 is 1.18 bits per heavy atom. The van der Waals surface area contributed by atoms with E-state index in [1.165, 1.54) is 11.3 Å². The predicted molar refractivity (Wildman–Crippen MR) is 87.0 cm³/mol. The number of Topliss-reactive ketones (excluding diaryl/α,β-unsaturated/α-hetero) is 1. The summed E-state index contributed by atoms with van der Waals surface area (Å²) in [5, 5.41) is 16.2. The number of carbonyl (C=O) groups is 2. The molecular formula is C17H19NO3S. The van der Waals surface area contributed by atoms with Gasteiger partial charge in [-0.05, 0) is 29.3 Å². The van der Waals surface area contributed by atoms with Crippen LogP contribution in [-0.2, 0) is 4.79 Å². The summed E-state index contributed by atoms with van der Waals surface area (Å²) in [5.74, 6) is -0.275. The van der Waals surface area contributed by atoms with Crippen LogP contribution in [0.15, 0.2) is 41.1 Å². The average molecular weight is 317 g/mol. The van der Waals surface area contributed by atoms with E-state index in [4.69, 9.17) is 0 Å². The van der Waals surface area contributed by atoms with Crippen LogP contribution in [0, 0.1) is 6.92 Å². The Hall–Kier alpha value is -1.98. The largest absolute Gasteiger partial charge is 0.387 e. The molecular weight excluding hydrogens is 298 g/mol. The zero-order valence-electron chi connectivity index (χ0n) is 12.4. The number of rotatable bonds is 7. The van der Waals surface area contributed by atoms with Crippen LogP contribution in [-0.4, -0.2) is 23.3 Å². The van der Waals surface area contributed by atoms with Gasteiger partial charge in [-0.15, -0.1) is 0 Å². The molecule has 0 saturated carbocycles. The first-order valence-corrected chi connectivity index (χ1v) is 8.07. The first-order valence-electron chi connectivity index (χ1n) is 7.13. The molecule has 2 N–H and O–H groups in total. The first kappa shape index (κ1) is 16.4. The van der Waals surface area contributed by atoms with Crippen molar-refractivity contribution in [3.8, 4) is 0 Å². The van der Waals surface area contributed by atoms with E-state index in [-0.39, 0.29) is 31.1 Å². The molecule has 0 aliphatic rings. The third-order valence-electron chi connectivity index (χ3n) is 3.37. The van der Waals surface area contributed by atoms with E-state index in [1.54, 1.807) is 12.1 Å². The molecule has 1 unspecified atom stereocenters. The van der Waals surface area contributed by atoms with E-state index in [9.17, 15) is 14.7 Å². The number of thiophene rings is 1. The monoisotopic (exact) mass is 317 g/mol. The van der Waals surface area contributed by atoms with Gasteiger partial charge in [-0.3, -0.25) is 9.59 Å². The number of aliphatic hydroxyl groups excluding tert-OH is 1. The van der Waals surface area contributed by atoms with Crippen molar-refractivity contribution in [2.45, 2.75) is 25.9 Å². The number of hydrogen-bond acceptors (Lipinski definition) is 4. The minimum absolute atomic E-state index is 0.0477. The molecule has 0 radical (unpaired) electrons. The van der Waals surface area contributed by atoms with Gasteiger partial charge in [0.2, 0.25) is 5.91 Å². The van der Waals surface area contributed by atoms with Crippen molar-refractivity contribution in [1.29, 1.82) is 0 Å². The Labute approximate surface area is 133 Å². The van der Waals surface area contributed by atoms with E-state index >= 15 is 0 Å². The quantitative estimate of drug-likeness (QED) is 0.772. The van der Waals surface area contributed by atoms with Gasteiger partial charge in [0.15, 0.2) is 5.78 Å². The SMILES string of the molecule is Cc1ccc(C(=O)CCC(=O)NCC(O)c2ccsc2)cc1. The van der Waals surface area contributed by atoms with E-state index < -0.39 is 6.10 Å². The molecule has 22 heavy (non-hydrogen) atoms. The first-order chi connectivity index (χ1) is 10.6. The number of hydrogen-bond donors (Lipinski definition) is 2. The van der Waals surface area contributed by atoms with Crippen molar-refractivity contribution in [2.24, 2.45) is 0 Å². The summed E-state index contributed by atoms with van der Waals surface area (Å²) >= 11 is 1.50. The van der Waals surface area contributed by atoms with E-state index in [0.717, 1.165) is 11.1 Å². The maximum atomic E-state index is 12.0. The van der Waals surface area contributed by atoms with Crippen molar-refractivity contribution >= 4 is 23.0 Å². The van der Waals surface area contributed by atoms with Gasteiger partial charge in [0.1, 0.15) is 0 Å². The fourth-order valence-corrected chi connectivity index (χ4v) is 2.70. The lowest BCUT2D eigenvalue weighted by molar-refractivity contribution is -0.121. The van der Waals surface area contributed by atoms with Crippen LogP contribution < -0.4 is 5.32 Å². The lowest BCUT2D eigenvalue weighted by Crippen LogP contribution is -2.28. The molecule has 1 aromatic carbocycles. The summed E-state index contributed by atoms with van der Waals surface area (Å²) in [5.41, 5.74) is 2.51. The van der Waals surface area contributed by atoms with Crippen molar-refractivity contribution in [3.05, 3.63) is 57.8 Å². The molecule has 116 valence electrons. The van der Waals surface area contributed by atoms with Crippen molar-refractivity contribution in [2.75, 3.05) is 6.54 Å². The molecule has 0 bridgehead atoms. The van der Waals surface area contributed by atoms with Gasteiger partial charge in [0.05, 0.1) is 6.10 Å². The topological polar surface area (TPSA) is 66.4 Å². The van der Waals surface area contributed by atoms with Crippen LogP contribution in [0.4, 0.5) is 0 Å². The highest BCUT2D eigenvalue weighted by Gasteiger charge is 2.12. The van der Waals surface area contributed by atoms with Crippen LogP contribution >= 0.6 is 11.3 Å². The molecule has 4 nitrogen and oxygen atoms in total. The van der Waals surface area contributed by atoms with E-state index in [1.807, 2.05) is 35.9 Å². The smallest absolute Gasteiger partial charge is 0.220 e. The number of aliphatic hydroxyl groups is 1. The van der Waals surface area contributed by atoms with Gasteiger partial charge in [-0.1, -0.05) is 29.8 Å². The Morgan fingerprint density at radius 3 is 2.55 bits per heavy atom. The van der Waals surface area contributed by atoms with Crippen LogP contribution in [0.5, 0.6) is 0 Å². The normalized spacial score (nSPS) is 11.9. The molecule has 1 heterocycles. The van der Waals surface area contributed by atoms with Gasteiger partial charge >= 0.3 is 0 Å². The minimum Gasteiger partial charge on any atom is -0.387 e. The second-order valence-corrected chi connectivity index (χ2v) is 5.95. The van der Waals surface area contributed by atoms with E-state index in [0.29, 0.717) is 5.56 Å². The Kier molecular flexibility index (Phi) is 5.86. The van der Waals surface area contributed by atoms with Crippen LogP contribution in [0.25, 0.3) is 0 Å². The van der Waals surface area contributed by atoms with Crippen molar-refractivity contribution in [1.82, 2.24) is 5.32 Å². The third-order valence-corrected chi connectivity index (χ3v) is 4.07. The molecule has 1 amide bonds. The lowest BCUT2D eigenvalue weighted by Gasteiger charge is -2.10. The molecule has 0 fully saturated rings. The lowest BCUT2D eigenvalue weighted by atomic mass is 10.0. The second-order valence-electron chi connectivity index (χ2n) is 5.17. The maximum Gasteiger partial charge on any atom is 0.220 e. The number of benzene rings is 1. The molecule has 0 spiro atoms. The molecule has 0 aliphatic carbocycles. The zero-order valence-corrected chi connectivity index (χ0v) is 13.2. The number of nitrogens with one attached hydrogen (secondary N) is 1. The number of carbonyl (C=O) groups excluding carboxylic acids is 2. The molecule has 2 aromatic rings. The number of aryl methyl sites for hydroxylation is 1. The molecule has 0 saturated heterocycles. The fourth-order valence-electron chi connectivity index (χ4n) is 1.99. The summed E-state index contributed by atoms with van der Waals surface area (Å²) in [6.07, 6.45) is -0.407. The second kappa shape index (κ2) is 7.87. The van der Waals surface area contributed by atoms with Crippen LogP contribution in [0.1, 0.15) is 40.4 Å². The Morgan fingerprint density at radius 2 is 1.91 bits per heavy atom. The Bertz CT molecular complexity index is 620. The van der Waals surface area contributed by atoms with Gasteiger partial charge in [-0.2, -0.15) is 11.3 Å². The zero-order chi connectivity index (χ0) is 15.9. The third kappa shape index (κ3) is 4.79. The predicted octanol–water partition coefficient (Wildman–Crippen LogP) is 2.87. The maximum absolute atomic E-state index is 12.0. The molecule has 2 rings (SSSR count). The van der Waals surface area contributed by atoms with Crippen LogP contribution in [0.2, 0.25) is 0 Å². The van der Waals surface area contributed by atoms with Gasteiger partial charge in [0, 0.05) is 24.9 Å². The summed E-state index contributed by atoms with van der Waals surface area (Å²) in [4.78, 5) is 23.7. The minimum atomic E-state index is -0.706. The molecule has 0 aliphatic heterocycles. The summed E-state index contributed by atoms with van der Waals surface area (Å²) < 4.78 is 0. The molecule has 1 atom stereocenters. The molecule has 1 aromatic heterocycles. The van der Waals surface area contributed by atoms with Crippen molar-refractivity contribution in [3.63, 3.8) is 0 Å². The summed E-state index contributed by atoms with van der Waals surface area (Å²) in [6.45, 7) is 2.12. The fraction of sp³-hybridized carbons (Fsp3) is 0.294. The number of ketones is 1. The average Bonchev–Trinajstić information content (AvgIpc) is 3.05. The standard InChI is InChI=1S/C17H19NO3S/c1-12-2-4-13(5-3-12)15(19)6-7-17(21)18-10-16(20)14-8-9-22-11-14/h2-5,8-9,11,16,20H,6-7,10H2,1H3,(H,18,21). The van der Waals surface area contributed by atoms with Gasteiger partial charge < -0.3 is 10.4 Å². The highest BCUT2D eigenvalue weighted by molar-refractivity contribution is 7.07. The summed E-state index contributed by atoms with van der Waals surface area (Å²) in [7, 11) is 0. The molecule has 5 heteroatoms. The Balaban J connectivity index is 1.73. The van der Waals surface area contributed by atoms with Crippen LogP contribution in [0.3, 0.4) is 0 Å².